The van der Waals surface area contributed by atoms with Crippen LogP contribution in [-0.2, 0) is 0 Å². The molecule has 158 valence electrons. The van der Waals surface area contributed by atoms with Crippen molar-refractivity contribution in [2.24, 2.45) is 5.92 Å². The van der Waals surface area contributed by atoms with Crippen molar-refractivity contribution in [3.8, 4) is 22.8 Å². The normalized spacial score (nSPS) is 16.4. The quantitative estimate of drug-likeness (QED) is 0.510. The van der Waals surface area contributed by atoms with Gasteiger partial charge in [-0.05, 0) is 69.0 Å². The fourth-order valence-corrected chi connectivity index (χ4v) is 4.25. The Morgan fingerprint density at radius 3 is 2.80 bits per heavy atom. The van der Waals surface area contributed by atoms with Crippen LogP contribution >= 0.6 is 0 Å². The van der Waals surface area contributed by atoms with E-state index in [1.807, 2.05) is 24.3 Å². The molecule has 0 spiro atoms. The van der Waals surface area contributed by atoms with Gasteiger partial charge in [0, 0.05) is 29.2 Å². The summed E-state index contributed by atoms with van der Waals surface area (Å²) in [6.45, 7) is 3.30. The molecule has 2 heterocycles. The van der Waals surface area contributed by atoms with Crippen molar-refractivity contribution in [2.75, 3.05) is 39.2 Å². The average Bonchev–Trinajstić information content (AvgIpc) is 2.81. The first-order valence-corrected chi connectivity index (χ1v) is 10.9. The lowest BCUT2D eigenvalue weighted by Crippen LogP contribution is -2.29. The highest BCUT2D eigenvalue weighted by molar-refractivity contribution is 5.94. The third kappa shape index (κ3) is 4.68. The van der Waals surface area contributed by atoms with Crippen molar-refractivity contribution in [2.45, 2.75) is 25.7 Å². The van der Waals surface area contributed by atoms with Crippen LogP contribution in [0.4, 0.5) is 5.69 Å². The summed E-state index contributed by atoms with van der Waals surface area (Å²) in [4.78, 5) is 4.90. The summed E-state index contributed by atoms with van der Waals surface area (Å²) in [5.41, 5.74) is 3.95. The van der Waals surface area contributed by atoms with E-state index in [1.165, 1.54) is 38.8 Å². The molecule has 0 amide bonds. The van der Waals surface area contributed by atoms with Gasteiger partial charge in [0.2, 0.25) is 0 Å². The number of benzene rings is 2. The summed E-state index contributed by atoms with van der Waals surface area (Å²) in [6.07, 6.45) is 5.10. The van der Waals surface area contributed by atoms with Crippen molar-refractivity contribution >= 4 is 16.6 Å². The zero-order valence-corrected chi connectivity index (χ0v) is 17.9. The Morgan fingerprint density at radius 1 is 1.10 bits per heavy atom. The fraction of sp³-hybridized carbons (Fsp3) is 0.400. The van der Waals surface area contributed by atoms with Crippen LogP contribution in [0.1, 0.15) is 25.7 Å². The molecule has 1 atom stereocenters. The van der Waals surface area contributed by atoms with Gasteiger partial charge in [-0.1, -0.05) is 18.2 Å². The summed E-state index contributed by atoms with van der Waals surface area (Å²) >= 11 is 0. The number of pyridine rings is 1. The van der Waals surface area contributed by atoms with E-state index in [0.29, 0.717) is 0 Å². The minimum absolute atomic E-state index is 0.757. The van der Waals surface area contributed by atoms with Gasteiger partial charge in [0.1, 0.15) is 11.5 Å². The highest BCUT2D eigenvalue weighted by Crippen LogP contribution is 2.35. The molecule has 3 aromatic rings. The number of methoxy groups -OCH3 is 2. The lowest BCUT2D eigenvalue weighted by Gasteiger charge is -2.22. The van der Waals surface area contributed by atoms with Gasteiger partial charge in [-0.2, -0.15) is 0 Å². The van der Waals surface area contributed by atoms with Gasteiger partial charge in [-0.25, -0.2) is 4.98 Å². The molecule has 0 radical (unpaired) electrons. The molecule has 2 aromatic carbocycles. The number of nitrogens with one attached hydrogen (secondary N) is 2. The van der Waals surface area contributed by atoms with Crippen molar-refractivity contribution < 1.29 is 9.47 Å². The second-order valence-electron chi connectivity index (χ2n) is 7.92. The van der Waals surface area contributed by atoms with Crippen LogP contribution in [0.25, 0.3) is 22.2 Å². The number of ether oxygens (including phenoxy) is 2. The van der Waals surface area contributed by atoms with Crippen LogP contribution < -0.4 is 20.1 Å². The zero-order valence-electron chi connectivity index (χ0n) is 17.9. The number of para-hydroxylation sites is 1. The van der Waals surface area contributed by atoms with Crippen LogP contribution in [0.5, 0.6) is 11.5 Å². The van der Waals surface area contributed by atoms with E-state index in [9.17, 15) is 0 Å². The first kappa shape index (κ1) is 20.5. The van der Waals surface area contributed by atoms with E-state index in [1.54, 1.807) is 14.2 Å². The van der Waals surface area contributed by atoms with Crippen molar-refractivity contribution in [1.29, 1.82) is 0 Å². The maximum Gasteiger partial charge on any atom is 0.131 e. The van der Waals surface area contributed by atoms with E-state index in [-0.39, 0.29) is 0 Å². The lowest BCUT2D eigenvalue weighted by atomic mass is 9.95. The van der Waals surface area contributed by atoms with Crippen LogP contribution in [0.15, 0.2) is 48.5 Å². The van der Waals surface area contributed by atoms with E-state index in [2.05, 4.69) is 34.9 Å². The van der Waals surface area contributed by atoms with E-state index >= 15 is 0 Å². The van der Waals surface area contributed by atoms with E-state index < -0.39 is 0 Å². The Bertz CT molecular complexity index is 983. The van der Waals surface area contributed by atoms with Crippen LogP contribution in [0.3, 0.4) is 0 Å². The number of hydrogen-bond donors (Lipinski definition) is 2. The summed E-state index contributed by atoms with van der Waals surface area (Å²) in [7, 11) is 3.34. The minimum atomic E-state index is 0.757. The number of rotatable bonds is 8. The van der Waals surface area contributed by atoms with Crippen molar-refractivity contribution in [1.82, 2.24) is 10.3 Å². The Balaban J connectivity index is 1.57. The van der Waals surface area contributed by atoms with Crippen molar-refractivity contribution in [3.63, 3.8) is 0 Å². The number of fused-ring (bicyclic) bond motifs is 1. The molecule has 5 nitrogen and oxygen atoms in total. The molecule has 30 heavy (non-hydrogen) atoms. The Morgan fingerprint density at radius 2 is 2.00 bits per heavy atom. The number of aromatic nitrogens is 1. The topological polar surface area (TPSA) is 55.4 Å². The largest absolute Gasteiger partial charge is 0.497 e. The summed E-state index contributed by atoms with van der Waals surface area (Å²) in [6, 6.07) is 16.3. The first-order valence-electron chi connectivity index (χ1n) is 10.9. The molecule has 1 aliphatic rings. The van der Waals surface area contributed by atoms with E-state index in [4.69, 9.17) is 14.5 Å². The minimum Gasteiger partial charge on any atom is -0.497 e. The Hall–Kier alpha value is -2.79. The van der Waals surface area contributed by atoms with Crippen LogP contribution in [0, 0.1) is 5.92 Å². The molecular weight excluding hydrogens is 374 g/mol. The average molecular weight is 406 g/mol. The van der Waals surface area contributed by atoms with Gasteiger partial charge in [0.05, 0.1) is 25.4 Å². The highest BCUT2D eigenvalue weighted by atomic mass is 16.5. The summed E-state index contributed by atoms with van der Waals surface area (Å²) in [5.74, 6) is 2.34. The smallest absolute Gasteiger partial charge is 0.131 e. The standard InChI is InChI=1S/C25H31N3O2/c1-29-19-11-12-21(25(15-19)30-2)24-16-23(20-9-3-4-10-22(20)28-24)27-14-6-8-18-7-5-13-26-17-18/h3-4,9-12,15-16,18,26H,5-8,13-14,17H2,1-2H3,(H,27,28). The van der Waals surface area contributed by atoms with Gasteiger partial charge in [-0.3, -0.25) is 0 Å². The predicted octanol–water partition coefficient (Wildman–Crippen LogP) is 5.11. The van der Waals surface area contributed by atoms with E-state index in [0.717, 1.165) is 51.8 Å². The molecule has 1 aliphatic heterocycles. The molecular formula is C25H31N3O2. The van der Waals surface area contributed by atoms with Crippen molar-refractivity contribution in [3.05, 3.63) is 48.5 Å². The Kier molecular flexibility index (Phi) is 6.70. The molecule has 1 fully saturated rings. The second kappa shape index (κ2) is 9.81. The molecule has 2 N–H and O–H groups in total. The molecule has 1 unspecified atom stereocenters. The third-order valence-electron chi connectivity index (χ3n) is 5.90. The number of hydrogen-bond acceptors (Lipinski definition) is 5. The lowest BCUT2D eigenvalue weighted by molar-refractivity contribution is 0.353. The Labute approximate surface area is 178 Å². The fourth-order valence-electron chi connectivity index (χ4n) is 4.25. The molecule has 0 bridgehead atoms. The molecule has 1 saturated heterocycles. The van der Waals surface area contributed by atoms with Crippen LogP contribution in [0.2, 0.25) is 0 Å². The van der Waals surface area contributed by atoms with Gasteiger partial charge in [0.15, 0.2) is 0 Å². The number of nitrogens with zero attached hydrogens (tertiary/aromatic N) is 1. The van der Waals surface area contributed by atoms with Gasteiger partial charge >= 0.3 is 0 Å². The molecule has 5 heteroatoms. The molecule has 4 rings (SSSR count). The molecule has 0 saturated carbocycles. The third-order valence-corrected chi connectivity index (χ3v) is 5.90. The SMILES string of the molecule is COc1ccc(-c2cc(NCCCC3CCCNC3)c3ccccc3n2)c(OC)c1. The van der Waals surface area contributed by atoms with Gasteiger partial charge in [-0.15, -0.1) is 0 Å². The second-order valence-corrected chi connectivity index (χ2v) is 7.92. The number of piperidine rings is 1. The maximum atomic E-state index is 5.61. The molecule has 1 aromatic heterocycles. The predicted molar refractivity (Wildman–Crippen MR) is 124 cm³/mol. The maximum absolute atomic E-state index is 5.61. The van der Waals surface area contributed by atoms with Gasteiger partial charge in [0.25, 0.3) is 0 Å². The molecule has 0 aliphatic carbocycles. The zero-order chi connectivity index (χ0) is 20.8. The summed E-state index contributed by atoms with van der Waals surface area (Å²) < 4.78 is 11.0. The number of anilines is 1. The van der Waals surface area contributed by atoms with Gasteiger partial charge < -0.3 is 20.1 Å². The monoisotopic (exact) mass is 405 g/mol. The first-order chi connectivity index (χ1) is 14.8. The van der Waals surface area contributed by atoms with Crippen LogP contribution in [-0.4, -0.2) is 38.8 Å². The highest BCUT2D eigenvalue weighted by Gasteiger charge is 2.14. The summed E-state index contributed by atoms with van der Waals surface area (Å²) in [5, 5.41) is 8.33.